The fourth-order valence-corrected chi connectivity index (χ4v) is 5.02. The second kappa shape index (κ2) is 15.7. The lowest BCUT2D eigenvalue weighted by Crippen LogP contribution is -2.42. The zero-order valence-electron chi connectivity index (χ0n) is 28.1. The number of anilines is 2. The molecular weight excluding hydrogens is 677 g/mol. The molecular formula is C34H37F3N6O8. The molecule has 0 bridgehead atoms. The number of aromatic carboxylic acids is 1. The Morgan fingerprint density at radius 3 is 2.55 bits per heavy atom. The fourth-order valence-electron chi connectivity index (χ4n) is 5.02. The molecule has 4 aromatic rings. The van der Waals surface area contributed by atoms with E-state index in [2.05, 4.69) is 20.4 Å². The van der Waals surface area contributed by atoms with Gasteiger partial charge in [0.05, 0.1) is 35.4 Å². The molecule has 51 heavy (non-hydrogen) atoms. The maximum Gasteiger partial charge on any atom is 0.416 e. The van der Waals surface area contributed by atoms with Crippen LogP contribution in [-0.2, 0) is 20.6 Å². The number of nitrogens with zero attached hydrogens (tertiary/aromatic N) is 5. The van der Waals surface area contributed by atoms with Crippen molar-refractivity contribution in [1.82, 2.24) is 19.7 Å². The Morgan fingerprint density at radius 2 is 1.88 bits per heavy atom. The number of carboxylic acid groups (broad SMARTS) is 1. The van der Waals surface area contributed by atoms with Gasteiger partial charge in [-0.25, -0.2) is 24.2 Å². The Balaban J connectivity index is 1.34. The van der Waals surface area contributed by atoms with Crippen molar-refractivity contribution in [3.8, 4) is 17.1 Å². The summed E-state index contributed by atoms with van der Waals surface area (Å²) in [6.45, 7) is 3.96. The topological polar surface area (TPSA) is 171 Å². The Hall–Kier alpha value is -5.29. The third kappa shape index (κ3) is 10.4. The summed E-state index contributed by atoms with van der Waals surface area (Å²) in [5.41, 5.74) is 0.461. The van der Waals surface area contributed by atoms with E-state index in [-0.39, 0.29) is 34.8 Å². The van der Waals surface area contributed by atoms with E-state index in [1.807, 2.05) is 0 Å². The average Bonchev–Trinajstić information content (AvgIpc) is 3.73. The summed E-state index contributed by atoms with van der Waals surface area (Å²) in [6.07, 6.45) is 1.40. The molecule has 0 spiro atoms. The molecule has 1 aliphatic heterocycles. The predicted octanol–water partition coefficient (Wildman–Crippen LogP) is 6.65. The fraction of sp³-hybridized carbons (Fsp3) is 0.412. The second-order valence-electron chi connectivity index (χ2n) is 12.6. The van der Waals surface area contributed by atoms with E-state index >= 15 is 0 Å². The number of pyridine rings is 1. The second-order valence-corrected chi connectivity index (χ2v) is 12.6. The first-order valence-corrected chi connectivity index (χ1v) is 16.1. The predicted molar refractivity (Wildman–Crippen MR) is 176 cm³/mol. The van der Waals surface area contributed by atoms with Gasteiger partial charge in [0.25, 0.3) is 5.91 Å². The van der Waals surface area contributed by atoms with Crippen LogP contribution in [0.4, 0.5) is 29.5 Å². The molecule has 5 rings (SSSR count). The van der Waals surface area contributed by atoms with Gasteiger partial charge in [-0.15, -0.1) is 0 Å². The van der Waals surface area contributed by atoms with E-state index in [1.54, 1.807) is 18.3 Å². The van der Waals surface area contributed by atoms with Crippen molar-refractivity contribution in [2.24, 2.45) is 0 Å². The minimum atomic E-state index is -4.76. The number of carbonyl (C=O) groups is 3. The molecule has 1 saturated heterocycles. The molecule has 272 valence electrons. The van der Waals surface area contributed by atoms with E-state index < -0.39 is 36.3 Å². The molecule has 3 aromatic heterocycles. The van der Waals surface area contributed by atoms with Gasteiger partial charge in [0.2, 0.25) is 5.89 Å². The van der Waals surface area contributed by atoms with Crippen molar-refractivity contribution in [1.29, 1.82) is 0 Å². The van der Waals surface area contributed by atoms with E-state index in [0.29, 0.717) is 48.0 Å². The minimum Gasteiger partial charge on any atom is -0.478 e. The number of aromatic nitrogens is 4. The van der Waals surface area contributed by atoms with Crippen molar-refractivity contribution in [2.45, 2.75) is 70.9 Å². The van der Waals surface area contributed by atoms with Gasteiger partial charge >= 0.3 is 18.2 Å². The number of carbonyl (C=O) groups excluding carboxylic acids is 2. The van der Waals surface area contributed by atoms with Gasteiger partial charge in [-0.05, 0) is 89.3 Å². The van der Waals surface area contributed by atoms with E-state index in [4.69, 9.17) is 18.6 Å². The van der Waals surface area contributed by atoms with Crippen molar-refractivity contribution < 1.29 is 51.3 Å². The Labute approximate surface area is 290 Å². The van der Waals surface area contributed by atoms with Crippen molar-refractivity contribution in [3.05, 3.63) is 72.0 Å². The number of hydrogen-bond acceptors (Lipinski definition) is 10. The lowest BCUT2D eigenvalue weighted by atomic mass is 10.2. The highest BCUT2D eigenvalue weighted by molar-refractivity contribution is 6.03. The normalized spacial score (nSPS) is 15.0. The van der Waals surface area contributed by atoms with Crippen LogP contribution >= 0.6 is 0 Å². The van der Waals surface area contributed by atoms with Crippen LogP contribution in [0.15, 0.2) is 59.5 Å². The van der Waals surface area contributed by atoms with Gasteiger partial charge in [-0.1, -0.05) is 0 Å². The summed E-state index contributed by atoms with van der Waals surface area (Å²) < 4.78 is 63.9. The molecule has 17 heteroatoms. The van der Waals surface area contributed by atoms with E-state index in [1.165, 1.54) is 55.9 Å². The minimum absolute atomic E-state index is 0.0998. The summed E-state index contributed by atoms with van der Waals surface area (Å²) in [5, 5.41) is 16.7. The van der Waals surface area contributed by atoms with Gasteiger partial charge < -0.3 is 29.1 Å². The Bertz CT molecular complexity index is 1830. The highest BCUT2D eigenvalue weighted by atomic mass is 19.4. The monoisotopic (exact) mass is 714 g/mol. The zero-order valence-corrected chi connectivity index (χ0v) is 28.1. The van der Waals surface area contributed by atoms with Crippen LogP contribution in [0.2, 0.25) is 0 Å². The van der Waals surface area contributed by atoms with Gasteiger partial charge in [-0.2, -0.15) is 18.3 Å². The molecule has 1 aliphatic rings. The number of halogens is 3. The molecule has 2 N–H and O–H groups in total. The largest absolute Gasteiger partial charge is 0.478 e. The summed E-state index contributed by atoms with van der Waals surface area (Å²) in [6, 6.07) is 8.61. The summed E-state index contributed by atoms with van der Waals surface area (Å²) in [5.74, 6) is -2.22. The molecule has 0 radical (unpaired) electrons. The number of oxazole rings is 1. The molecule has 0 aliphatic carbocycles. The SMILES string of the molecule is CC(C)(C)OC(=O)N(CC(F)(F)F)c1cc(-c2nc(C(=O)Nc3cn(-c4ccc(C(=O)O)cc4)nc3CCCOC3CCCCO3)co2)ccn1. The molecule has 1 aromatic carbocycles. The summed E-state index contributed by atoms with van der Waals surface area (Å²) in [4.78, 5) is 45.9. The van der Waals surface area contributed by atoms with Gasteiger partial charge in [-0.3, -0.25) is 9.69 Å². The Kier molecular flexibility index (Phi) is 11.4. The molecule has 4 heterocycles. The Morgan fingerprint density at radius 1 is 1.12 bits per heavy atom. The summed E-state index contributed by atoms with van der Waals surface area (Å²) in [7, 11) is 0. The maximum atomic E-state index is 13.4. The zero-order chi connectivity index (χ0) is 36.8. The lowest BCUT2D eigenvalue weighted by molar-refractivity contribution is -0.162. The molecule has 14 nitrogen and oxygen atoms in total. The first-order chi connectivity index (χ1) is 24.1. The van der Waals surface area contributed by atoms with E-state index in [0.717, 1.165) is 25.5 Å². The highest BCUT2D eigenvalue weighted by Crippen LogP contribution is 2.28. The van der Waals surface area contributed by atoms with Crippen LogP contribution < -0.4 is 10.2 Å². The smallest absolute Gasteiger partial charge is 0.416 e. The van der Waals surface area contributed by atoms with Crippen LogP contribution in [-0.4, -0.2) is 80.7 Å². The van der Waals surface area contributed by atoms with Gasteiger partial charge in [0.1, 0.15) is 24.2 Å². The average molecular weight is 715 g/mol. The molecule has 1 fully saturated rings. The van der Waals surface area contributed by atoms with Crippen LogP contribution in [0.1, 0.15) is 73.0 Å². The molecule has 2 amide bonds. The number of hydrogen-bond donors (Lipinski definition) is 2. The molecule has 0 saturated carbocycles. The first-order valence-electron chi connectivity index (χ1n) is 16.1. The molecule has 1 unspecified atom stereocenters. The van der Waals surface area contributed by atoms with Crippen molar-refractivity contribution >= 4 is 29.5 Å². The quantitative estimate of drug-likeness (QED) is 0.151. The van der Waals surface area contributed by atoms with Crippen LogP contribution in [0, 0.1) is 0 Å². The number of carboxylic acids is 1. The standard InChI is InChI=1S/C34H37F3N6O8/c1-33(2,3)51-32(47)42(20-34(35,36)37)27-17-22(13-14-38-27)30-40-26(19-50-30)29(44)39-25-18-43(23-11-9-21(10-12-23)31(45)46)41-24(25)7-6-16-49-28-8-4-5-15-48-28/h9-14,17-19,28H,4-8,15-16,20H2,1-3H3,(H,39,44)(H,45,46). The number of amides is 2. The number of alkyl halides is 3. The third-order valence-corrected chi connectivity index (χ3v) is 7.37. The highest BCUT2D eigenvalue weighted by Gasteiger charge is 2.37. The first kappa shape index (κ1) is 37.0. The maximum absolute atomic E-state index is 13.4. The number of benzene rings is 1. The van der Waals surface area contributed by atoms with Crippen LogP contribution in [0.25, 0.3) is 17.1 Å². The molecule has 1 atom stereocenters. The van der Waals surface area contributed by atoms with Crippen LogP contribution in [0.3, 0.4) is 0 Å². The van der Waals surface area contributed by atoms with Crippen molar-refractivity contribution in [3.63, 3.8) is 0 Å². The number of ether oxygens (including phenoxy) is 3. The van der Waals surface area contributed by atoms with Crippen molar-refractivity contribution in [2.75, 3.05) is 30.0 Å². The van der Waals surface area contributed by atoms with Gasteiger partial charge in [0.15, 0.2) is 12.0 Å². The number of nitrogens with one attached hydrogen (secondary N) is 1. The number of rotatable bonds is 12. The van der Waals surface area contributed by atoms with Crippen LogP contribution in [0.5, 0.6) is 0 Å². The van der Waals surface area contributed by atoms with E-state index in [9.17, 15) is 32.7 Å². The third-order valence-electron chi connectivity index (χ3n) is 7.37. The summed E-state index contributed by atoms with van der Waals surface area (Å²) >= 11 is 0. The number of aryl methyl sites for hydroxylation is 1. The van der Waals surface area contributed by atoms with Gasteiger partial charge in [0, 0.05) is 18.4 Å². The lowest BCUT2D eigenvalue weighted by Gasteiger charge is -2.27.